The van der Waals surface area contributed by atoms with Crippen LogP contribution in [-0.4, -0.2) is 23.4 Å². The summed E-state index contributed by atoms with van der Waals surface area (Å²) in [5, 5.41) is 0. The first-order chi connectivity index (χ1) is 11.2. The molecule has 1 aromatic carbocycles. The van der Waals surface area contributed by atoms with E-state index in [1.54, 1.807) is 12.1 Å². The highest BCUT2D eigenvalue weighted by atomic mass is 16.4. The van der Waals surface area contributed by atoms with Gasteiger partial charge in [0.2, 0.25) is 0 Å². The van der Waals surface area contributed by atoms with Crippen molar-refractivity contribution in [3.8, 4) is 0 Å². The van der Waals surface area contributed by atoms with Gasteiger partial charge in [0.15, 0.2) is 5.76 Å². The van der Waals surface area contributed by atoms with Gasteiger partial charge in [-0.15, -0.1) is 0 Å². The molecule has 2 aromatic rings. The van der Waals surface area contributed by atoms with Gasteiger partial charge in [0.25, 0.3) is 5.91 Å². The van der Waals surface area contributed by atoms with Crippen LogP contribution in [0.2, 0.25) is 0 Å². The van der Waals surface area contributed by atoms with Gasteiger partial charge in [0, 0.05) is 12.6 Å². The van der Waals surface area contributed by atoms with Crippen LogP contribution in [0.1, 0.15) is 47.2 Å². The summed E-state index contributed by atoms with van der Waals surface area (Å²) < 4.78 is 5.57. The highest BCUT2D eigenvalue weighted by molar-refractivity contribution is 5.91. The molecule has 0 aliphatic heterocycles. The topological polar surface area (TPSA) is 59.5 Å². The minimum absolute atomic E-state index is 0.0177. The Morgan fingerprint density at radius 3 is 2.74 bits per heavy atom. The van der Waals surface area contributed by atoms with Crippen molar-refractivity contribution in [3.63, 3.8) is 0 Å². The summed E-state index contributed by atoms with van der Waals surface area (Å²) in [6.07, 6.45) is 3.90. The third-order valence-corrected chi connectivity index (χ3v) is 4.56. The molecule has 1 amide bonds. The van der Waals surface area contributed by atoms with Gasteiger partial charge in [-0.2, -0.15) is 0 Å². The molecular formula is C19H24N2O2. The third-order valence-electron chi connectivity index (χ3n) is 4.56. The number of benzene rings is 1. The summed E-state index contributed by atoms with van der Waals surface area (Å²) in [5.41, 5.74) is 8.35. The summed E-state index contributed by atoms with van der Waals surface area (Å²) in [5.74, 6) is 1.03. The van der Waals surface area contributed by atoms with E-state index < -0.39 is 0 Å². The number of nitrogens with two attached hydrogens (primary N) is 1. The van der Waals surface area contributed by atoms with Crippen molar-refractivity contribution < 1.29 is 9.21 Å². The van der Waals surface area contributed by atoms with Crippen LogP contribution in [0.15, 0.2) is 40.8 Å². The fraction of sp³-hybridized carbons (Fsp3) is 0.421. The van der Waals surface area contributed by atoms with E-state index in [4.69, 9.17) is 10.2 Å². The first-order valence-electron chi connectivity index (χ1n) is 8.39. The van der Waals surface area contributed by atoms with Crippen molar-refractivity contribution in [3.05, 3.63) is 59.0 Å². The van der Waals surface area contributed by atoms with Crippen LogP contribution in [0.4, 0.5) is 0 Å². The quantitative estimate of drug-likeness (QED) is 0.922. The van der Waals surface area contributed by atoms with E-state index in [0.717, 1.165) is 32.2 Å². The van der Waals surface area contributed by atoms with E-state index in [2.05, 4.69) is 31.2 Å². The Morgan fingerprint density at radius 2 is 2.04 bits per heavy atom. The van der Waals surface area contributed by atoms with E-state index in [9.17, 15) is 4.79 Å². The van der Waals surface area contributed by atoms with Crippen molar-refractivity contribution in [2.45, 2.75) is 45.2 Å². The van der Waals surface area contributed by atoms with Crippen LogP contribution in [-0.2, 0) is 19.4 Å². The fourth-order valence-corrected chi connectivity index (χ4v) is 3.38. The highest BCUT2D eigenvalue weighted by Crippen LogP contribution is 2.26. The SMILES string of the molecule is CCCN(C(=O)c1ccc(CN)o1)[C@@H]1CCc2ccccc2C1. The predicted octanol–water partition coefficient (Wildman–Crippen LogP) is 3.15. The second-order valence-electron chi connectivity index (χ2n) is 6.13. The number of hydrogen-bond acceptors (Lipinski definition) is 3. The van der Waals surface area contributed by atoms with Gasteiger partial charge in [-0.25, -0.2) is 0 Å². The van der Waals surface area contributed by atoms with Crippen molar-refractivity contribution in [1.82, 2.24) is 4.90 Å². The molecule has 1 heterocycles. The smallest absolute Gasteiger partial charge is 0.289 e. The molecule has 1 aromatic heterocycles. The number of rotatable bonds is 5. The van der Waals surface area contributed by atoms with Gasteiger partial charge in [-0.1, -0.05) is 31.2 Å². The molecule has 0 saturated heterocycles. The molecule has 1 aliphatic rings. The number of carbonyl (C=O) groups is 1. The molecular weight excluding hydrogens is 288 g/mol. The van der Waals surface area contributed by atoms with E-state index in [1.807, 2.05) is 4.90 Å². The molecule has 122 valence electrons. The van der Waals surface area contributed by atoms with Gasteiger partial charge in [-0.3, -0.25) is 4.79 Å². The maximum absolute atomic E-state index is 12.9. The number of hydrogen-bond donors (Lipinski definition) is 1. The molecule has 0 fully saturated rings. The van der Waals surface area contributed by atoms with Crippen LogP contribution in [0.25, 0.3) is 0 Å². The lowest BCUT2D eigenvalue weighted by atomic mass is 9.87. The first-order valence-corrected chi connectivity index (χ1v) is 8.39. The maximum Gasteiger partial charge on any atom is 0.289 e. The average molecular weight is 312 g/mol. The molecule has 0 bridgehead atoms. The van der Waals surface area contributed by atoms with Crippen molar-refractivity contribution in [2.75, 3.05) is 6.54 Å². The standard InChI is InChI=1S/C19H24N2O2/c1-2-11-21(19(22)18-10-9-17(13-20)23-18)16-8-7-14-5-3-4-6-15(14)12-16/h3-6,9-10,16H,2,7-8,11-13,20H2,1H3/t16-/m1/s1. The number of aryl methyl sites for hydroxylation is 1. The maximum atomic E-state index is 12.9. The van der Waals surface area contributed by atoms with E-state index >= 15 is 0 Å². The monoisotopic (exact) mass is 312 g/mol. The molecule has 2 N–H and O–H groups in total. The highest BCUT2D eigenvalue weighted by Gasteiger charge is 2.29. The molecule has 23 heavy (non-hydrogen) atoms. The Morgan fingerprint density at radius 1 is 1.26 bits per heavy atom. The lowest BCUT2D eigenvalue weighted by Gasteiger charge is -2.34. The minimum Gasteiger partial charge on any atom is -0.455 e. The van der Waals surface area contributed by atoms with Crippen LogP contribution in [0, 0.1) is 0 Å². The minimum atomic E-state index is -0.0177. The normalized spacial score (nSPS) is 16.9. The number of nitrogens with zero attached hydrogens (tertiary/aromatic N) is 1. The Labute approximate surface area is 137 Å². The molecule has 1 aliphatic carbocycles. The lowest BCUT2D eigenvalue weighted by molar-refractivity contribution is 0.0627. The van der Waals surface area contributed by atoms with Crippen molar-refractivity contribution in [2.24, 2.45) is 5.73 Å². The Balaban J connectivity index is 1.80. The largest absolute Gasteiger partial charge is 0.455 e. The van der Waals surface area contributed by atoms with Crippen LogP contribution < -0.4 is 5.73 Å². The zero-order chi connectivity index (χ0) is 16.2. The van der Waals surface area contributed by atoms with Crippen LogP contribution in [0.3, 0.4) is 0 Å². The zero-order valence-corrected chi connectivity index (χ0v) is 13.6. The zero-order valence-electron chi connectivity index (χ0n) is 13.6. The van der Waals surface area contributed by atoms with Gasteiger partial charge in [0.05, 0.1) is 6.54 Å². The van der Waals surface area contributed by atoms with Crippen molar-refractivity contribution in [1.29, 1.82) is 0 Å². The number of fused-ring (bicyclic) bond motifs is 1. The molecule has 1 atom stereocenters. The lowest BCUT2D eigenvalue weighted by Crippen LogP contribution is -2.43. The van der Waals surface area contributed by atoms with Crippen molar-refractivity contribution >= 4 is 5.91 Å². The summed E-state index contributed by atoms with van der Waals surface area (Å²) in [6, 6.07) is 12.3. The molecule has 4 heteroatoms. The average Bonchev–Trinajstić information content (AvgIpc) is 3.08. The van der Waals surface area contributed by atoms with Gasteiger partial charge >= 0.3 is 0 Å². The molecule has 0 spiro atoms. The van der Waals surface area contributed by atoms with E-state index in [-0.39, 0.29) is 11.9 Å². The summed E-state index contributed by atoms with van der Waals surface area (Å²) in [4.78, 5) is 14.8. The molecule has 0 unspecified atom stereocenters. The number of furan rings is 1. The number of amides is 1. The Bertz CT molecular complexity index is 678. The van der Waals surface area contributed by atoms with Gasteiger partial charge in [0.1, 0.15) is 5.76 Å². The fourth-order valence-electron chi connectivity index (χ4n) is 3.38. The second kappa shape index (κ2) is 7.01. The van der Waals surface area contributed by atoms with E-state index in [0.29, 0.717) is 18.1 Å². The summed E-state index contributed by atoms with van der Waals surface area (Å²) >= 11 is 0. The molecule has 0 saturated carbocycles. The van der Waals surface area contributed by atoms with Gasteiger partial charge < -0.3 is 15.1 Å². The first kappa shape index (κ1) is 15.8. The Kier molecular flexibility index (Phi) is 4.82. The third kappa shape index (κ3) is 3.32. The second-order valence-corrected chi connectivity index (χ2v) is 6.13. The molecule has 4 nitrogen and oxygen atoms in total. The van der Waals surface area contributed by atoms with Crippen LogP contribution in [0.5, 0.6) is 0 Å². The van der Waals surface area contributed by atoms with E-state index in [1.165, 1.54) is 11.1 Å². The van der Waals surface area contributed by atoms with Crippen LogP contribution >= 0.6 is 0 Å². The Hall–Kier alpha value is -2.07. The van der Waals surface area contributed by atoms with Gasteiger partial charge in [-0.05, 0) is 48.9 Å². The predicted molar refractivity (Wildman–Crippen MR) is 90.2 cm³/mol. The molecule has 0 radical (unpaired) electrons. The summed E-state index contributed by atoms with van der Waals surface area (Å²) in [7, 11) is 0. The molecule has 3 rings (SSSR count). The number of carbonyl (C=O) groups excluding carboxylic acids is 1. The summed E-state index contributed by atoms with van der Waals surface area (Å²) in [6.45, 7) is 3.17.